The van der Waals surface area contributed by atoms with E-state index in [2.05, 4.69) is 4.72 Å². The van der Waals surface area contributed by atoms with Gasteiger partial charge in [-0.25, -0.2) is 17.5 Å². The molecule has 4 nitrogen and oxygen atoms in total. The molecule has 0 aliphatic heterocycles. The topological polar surface area (TPSA) is 66.4 Å². The van der Waals surface area contributed by atoms with Crippen molar-refractivity contribution in [2.24, 2.45) is 0 Å². The molecule has 0 amide bonds. The van der Waals surface area contributed by atoms with Gasteiger partial charge in [-0.1, -0.05) is 0 Å². The summed E-state index contributed by atoms with van der Waals surface area (Å²) in [6, 6.07) is 2.30. The van der Waals surface area contributed by atoms with E-state index >= 15 is 0 Å². The number of benzene rings is 1. The number of aliphatic hydroxyl groups is 1. The fraction of sp³-hybridized carbons (Fsp3) is 0.571. The second-order valence-electron chi connectivity index (χ2n) is 5.50. The minimum Gasteiger partial charge on any atom is -0.393 e. The summed E-state index contributed by atoms with van der Waals surface area (Å²) in [4.78, 5) is 0.157. The van der Waals surface area contributed by atoms with Gasteiger partial charge in [0.2, 0.25) is 10.0 Å². The first-order valence-electron chi connectivity index (χ1n) is 6.77. The molecular weight excluding hydrogens is 281 g/mol. The van der Waals surface area contributed by atoms with E-state index in [4.69, 9.17) is 0 Å². The van der Waals surface area contributed by atoms with Crippen LogP contribution in [0.4, 0.5) is 4.39 Å². The quantitative estimate of drug-likeness (QED) is 0.897. The van der Waals surface area contributed by atoms with E-state index in [1.165, 1.54) is 12.1 Å². The van der Waals surface area contributed by atoms with Gasteiger partial charge in [0.05, 0.1) is 11.0 Å². The van der Waals surface area contributed by atoms with Gasteiger partial charge in [-0.15, -0.1) is 0 Å². The van der Waals surface area contributed by atoms with E-state index < -0.39 is 15.8 Å². The smallest absolute Gasteiger partial charge is 0.241 e. The molecule has 1 aromatic rings. The maximum Gasteiger partial charge on any atom is 0.241 e. The number of rotatable bonds is 3. The lowest BCUT2D eigenvalue weighted by atomic mass is 9.94. The van der Waals surface area contributed by atoms with E-state index in [1.54, 1.807) is 13.8 Å². The zero-order valence-corrected chi connectivity index (χ0v) is 12.5. The van der Waals surface area contributed by atoms with Crippen LogP contribution in [0.5, 0.6) is 0 Å². The van der Waals surface area contributed by atoms with Crippen molar-refractivity contribution in [1.82, 2.24) is 4.72 Å². The minimum atomic E-state index is -3.65. The van der Waals surface area contributed by atoms with Gasteiger partial charge in [0, 0.05) is 6.04 Å². The summed E-state index contributed by atoms with van der Waals surface area (Å²) in [6.07, 6.45) is 2.13. The molecule has 1 aliphatic carbocycles. The van der Waals surface area contributed by atoms with E-state index in [9.17, 15) is 17.9 Å². The summed E-state index contributed by atoms with van der Waals surface area (Å²) in [5.41, 5.74) is 0.816. The van der Waals surface area contributed by atoms with E-state index in [0.29, 0.717) is 36.8 Å². The monoisotopic (exact) mass is 301 g/mol. The number of nitrogens with one attached hydrogen (secondary N) is 1. The molecule has 0 atom stereocenters. The zero-order chi connectivity index (χ0) is 14.9. The molecule has 112 valence electrons. The maximum atomic E-state index is 13.3. The van der Waals surface area contributed by atoms with Crippen LogP contribution in [-0.4, -0.2) is 25.7 Å². The largest absolute Gasteiger partial charge is 0.393 e. The van der Waals surface area contributed by atoms with Gasteiger partial charge in [-0.2, -0.15) is 0 Å². The van der Waals surface area contributed by atoms with Gasteiger partial charge in [-0.3, -0.25) is 0 Å². The summed E-state index contributed by atoms with van der Waals surface area (Å²) in [6.45, 7) is 3.19. The van der Waals surface area contributed by atoms with Gasteiger partial charge >= 0.3 is 0 Å². The third-order valence-corrected chi connectivity index (χ3v) is 5.54. The number of aryl methyl sites for hydroxylation is 2. The molecule has 0 saturated heterocycles. The van der Waals surface area contributed by atoms with Gasteiger partial charge in [0.15, 0.2) is 0 Å². The molecule has 0 heterocycles. The van der Waals surface area contributed by atoms with Crippen LogP contribution in [-0.2, 0) is 10.0 Å². The Kier molecular flexibility index (Phi) is 4.46. The molecule has 1 saturated carbocycles. The first-order chi connectivity index (χ1) is 9.29. The third kappa shape index (κ3) is 3.37. The van der Waals surface area contributed by atoms with Crippen molar-refractivity contribution in [2.75, 3.05) is 0 Å². The molecule has 0 aromatic heterocycles. The molecule has 6 heteroatoms. The minimum absolute atomic E-state index is 0.157. The summed E-state index contributed by atoms with van der Waals surface area (Å²) >= 11 is 0. The van der Waals surface area contributed by atoms with E-state index in [1.807, 2.05) is 0 Å². The second kappa shape index (κ2) is 5.79. The van der Waals surface area contributed by atoms with Gasteiger partial charge in [0.25, 0.3) is 0 Å². The average molecular weight is 301 g/mol. The van der Waals surface area contributed by atoms with Crippen molar-refractivity contribution in [2.45, 2.75) is 56.6 Å². The lowest BCUT2D eigenvalue weighted by molar-refractivity contribution is 0.120. The highest BCUT2D eigenvalue weighted by Crippen LogP contribution is 2.24. The van der Waals surface area contributed by atoms with Gasteiger partial charge in [-0.05, 0) is 62.8 Å². The van der Waals surface area contributed by atoms with Crippen LogP contribution in [0.3, 0.4) is 0 Å². The number of hydrogen-bond acceptors (Lipinski definition) is 3. The molecule has 0 bridgehead atoms. The van der Waals surface area contributed by atoms with Crippen LogP contribution in [0.1, 0.15) is 36.8 Å². The Balaban J connectivity index is 2.23. The molecule has 2 N–H and O–H groups in total. The highest BCUT2D eigenvalue weighted by Gasteiger charge is 2.27. The van der Waals surface area contributed by atoms with Crippen LogP contribution >= 0.6 is 0 Å². The fourth-order valence-electron chi connectivity index (χ4n) is 2.79. The molecular formula is C14H20FNO3S. The molecule has 0 spiro atoms. The molecule has 2 rings (SSSR count). The fourth-order valence-corrected chi connectivity index (χ4v) is 4.55. The third-order valence-electron chi connectivity index (χ3n) is 3.71. The van der Waals surface area contributed by atoms with Crippen LogP contribution in [0, 0.1) is 19.7 Å². The molecule has 1 aromatic carbocycles. The SMILES string of the molecule is Cc1cc(F)cc(C)c1S(=O)(=O)NC1CCC(O)CC1. The van der Waals surface area contributed by atoms with Crippen LogP contribution in [0.25, 0.3) is 0 Å². The van der Waals surface area contributed by atoms with E-state index in [-0.39, 0.29) is 17.0 Å². The molecule has 1 fully saturated rings. The van der Waals surface area contributed by atoms with Crippen molar-refractivity contribution in [3.05, 3.63) is 29.1 Å². The summed E-state index contributed by atoms with van der Waals surface area (Å²) in [5.74, 6) is -0.431. The van der Waals surface area contributed by atoms with Crippen molar-refractivity contribution in [3.63, 3.8) is 0 Å². The standard InChI is InChI=1S/C14H20FNO3S/c1-9-7-11(15)8-10(2)14(9)20(18,19)16-12-3-5-13(17)6-4-12/h7-8,12-13,16-17H,3-6H2,1-2H3. The Morgan fingerprint density at radius 3 is 2.15 bits per heavy atom. The molecule has 20 heavy (non-hydrogen) atoms. The molecule has 1 aliphatic rings. The first kappa shape index (κ1) is 15.4. The predicted molar refractivity (Wildman–Crippen MR) is 74.5 cm³/mol. The molecule has 0 radical (unpaired) electrons. The van der Waals surface area contributed by atoms with Gasteiger partial charge in [0.1, 0.15) is 5.82 Å². The van der Waals surface area contributed by atoms with Crippen LogP contribution < -0.4 is 4.72 Å². The van der Waals surface area contributed by atoms with Crippen molar-refractivity contribution in [3.8, 4) is 0 Å². The normalized spacial score (nSPS) is 23.8. The Bertz CT molecular complexity index is 569. The van der Waals surface area contributed by atoms with Crippen LogP contribution in [0.2, 0.25) is 0 Å². The molecule has 0 unspecified atom stereocenters. The Labute approximate surface area is 119 Å². The second-order valence-corrected chi connectivity index (χ2v) is 7.15. The van der Waals surface area contributed by atoms with Crippen molar-refractivity contribution in [1.29, 1.82) is 0 Å². The summed E-state index contributed by atoms with van der Waals surface area (Å²) in [5, 5.41) is 9.44. The number of hydrogen-bond donors (Lipinski definition) is 2. The first-order valence-corrected chi connectivity index (χ1v) is 8.25. The average Bonchev–Trinajstić information content (AvgIpc) is 2.30. The summed E-state index contributed by atoms with van der Waals surface area (Å²) < 4.78 is 40.8. The summed E-state index contributed by atoms with van der Waals surface area (Å²) in [7, 11) is -3.65. The number of halogens is 1. The van der Waals surface area contributed by atoms with Crippen molar-refractivity contribution >= 4 is 10.0 Å². The lowest BCUT2D eigenvalue weighted by Crippen LogP contribution is -2.39. The van der Waals surface area contributed by atoms with E-state index in [0.717, 1.165) is 0 Å². The van der Waals surface area contributed by atoms with Crippen LogP contribution in [0.15, 0.2) is 17.0 Å². The Morgan fingerprint density at radius 2 is 1.65 bits per heavy atom. The Morgan fingerprint density at radius 1 is 1.15 bits per heavy atom. The lowest BCUT2D eigenvalue weighted by Gasteiger charge is -2.26. The highest BCUT2D eigenvalue weighted by molar-refractivity contribution is 7.89. The predicted octanol–water partition coefficient (Wildman–Crippen LogP) is 2.02. The number of aliphatic hydroxyl groups excluding tert-OH is 1. The highest BCUT2D eigenvalue weighted by atomic mass is 32.2. The number of sulfonamides is 1. The van der Waals surface area contributed by atoms with Crippen molar-refractivity contribution < 1.29 is 17.9 Å². The van der Waals surface area contributed by atoms with Gasteiger partial charge < -0.3 is 5.11 Å². The Hall–Kier alpha value is -0.980. The maximum absolute atomic E-state index is 13.3. The zero-order valence-electron chi connectivity index (χ0n) is 11.7.